The molecule has 2 aliphatic rings. The van der Waals surface area contributed by atoms with Crippen LogP contribution in [0.4, 0.5) is 0 Å². The molecule has 1 unspecified atom stereocenters. The number of imide groups is 1. The predicted molar refractivity (Wildman–Crippen MR) is 123 cm³/mol. The minimum atomic E-state index is -0.674. The molecular weight excluding hydrogens is 460 g/mol. The van der Waals surface area contributed by atoms with E-state index in [0.717, 1.165) is 0 Å². The number of carbonyl (C=O) groups excluding carboxylic acids is 4. The summed E-state index contributed by atoms with van der Waals surface area (Å²) >= 11 is 0. The van der Waals surface area contributed by atoms with Gasteiger partial charge >= 0.3 is 0 Å². The maximum Gasteiger partial charge on any atom is 0.258 e. The predicted octanol–water partition coefficient (Wildman–Crippen LogP) is -1.05. The molecule has 12 nitrogen and oxygen atoms in total. The number of amides is 4. The van der Waals surface area contributed by atoms with Gasteiger partial charge in [-0.25, -0.2) is 0 Å². The molecule has 192 valence electrons. The van der Waals surface area contributed by atoms with Crippen molar-refractivity contribution >= 4 is 23.6 Å². The number of ether oxygens (including phenoxy) is 4. The van der Waals surface area contributed by atoms with Crippen molar-refractivity contribution in [1.82, 2.24) is 15.5 Å². The average Bonchev–Trinajstić information content (AvgIpc) is 3.16. The highest BCUT2D eigenvalue weighted by Crippen LogP contribution is 2.30. The lowest BCUT2D eigenvalue weighted by molar-refractivity contribution is -0.137. The minimum absolute atomic E-state index is 0.185. The lowest BCUT2D eigenvalue weighted by atomic mass is 10.0. The van der Waals surface area contributed by atoms with E-state index >= 15 is 0 Å². The molecule has 0 aliphatic carbocycles. The highest BCUT2D eigenvalue weighted by atomic mass is 16.5. The molecule has 1 saturated heterocycles. The topological polar surface area (TPSA) is 159 Å². The first kappa shape index (κ1) is 26.5. The first-order valence-electron chi connectivity index (χ1n) is 11.6. The number of piperidine rings is 1. The monoisotopic (exact) mass is 492 g/mol. The number of fused-ring (bicyclic) bond motifs is 1. The van der Waals surface area contributed by atoms with E-state index in [1.165, 1.54) is 4.90 Å². The quantitative estimate of drug-likeness (QED) is 0.205. The van der Waals surface area contributed by atoms with E-state index in [2.05, 4.69) is 10.6 Å². The van der Waals surface area contributed by atoms with Crippen molar-refractivity contribution in [2.75, 3.05) is 59.3 Å². The zero-order valence-corrected chi connectivity index (χ0v) is 19.6. The summed E-state index contributed by atoms with van der Waals surface area (Å²) in [6.07, 6.45) is 0.499. The van der Waals surface area contributed by atoms with Crippen molar-refractivity contribution in [3.8, 4) is 5.75 Å². The van der Waals surface area contributed by atoms with Gasteiger partial charge in [-0.05, 0) is 30.2 Å². The van der Waals surface area contributed by atoms with Crippen molar-refractivity contribution < 1.29 is 38.1 Å². The highest BCUT2D eigenvalue weighted by molar-refractivity contribution is 6.05. The first-order chi connectivity index (χ1) is 17.0. The van der Waals surface area contributed by atoms with Crippen LogP contribution in [-0.4, -0.2) is 93.9 Å². The van der Waals surface area contributed by atoms with Crippen LogP contribution in [-0.2, 0) is 35.1 Å². The van der Waals surface area contributed by atoms with Gasteiger partial charge in [0, 0.05) is 31.6 Å². The zero-order valence-electron chi connectivity index (χ0n) is 19.6. The summed E-state index contributed by atoms with van der Waals surface area (Å²) in [4.78, 5) is 49.7. The van der Waals surface area contributed by atoms with Gasteiger partial charge in [-0.2, -0.15) is 0 Å². The summed E-state index contributed by atoms with van der Waals surface area (Å²) in [6, 6.07) is 4.25. The summed E-state index contributed by atoms with van der Waals surface area (Å²) in [5.74, 6) is -0.904. The van der Waals surface area contributed by atoms with Crippen LogP contribution in [0, 0.1) is 0 Å². The summed E-state index contributed by atoms with van der Waals surface area (Å²) in [6.45, 7) is 3.54. The first-order valence-corrected chi connectivity index (χ1v) is 11.6. The molecule has 35 heavy (non-hydrogen) atoms. The Bertz CT molecular complexity index is 910. The second-order valence-electron chi connectivity index (χ2n) is 7.98. The molecule has 2 aliphatic heterocycles. The molecule has 0 bridgehead atoms. The van der Waals surface area contributed by atoms with E-state index < -0.39 is 11.9 Å². The number of carbonyl (C=O) groups is 4. The van der Waals surface area contributed by atoms with Gasteiger partial charge in [-0.3, -0.25) is 24.5 Å². The third-order valence-electron chi connectivity index (χ3n) is 5.44. The van der Waals surface area contributed by atoms with E-state index in [1.54, 1.807) is 18.2 Å². The maximum atomic E-state index is 12.7. The molecule has 0 aromatic heterocycles. The summed E-state index contributed by atoms with van der Waals surface area (Å²) in [5.41, 5.74) is 6.50. The maximum absolute atomic E-state index is 12.7. The van der Waals surface area contributed by atoms with E-state index in [1.807, 2.05) is 0 Å². The Labute approximate surface area is 203 Å². The van der Waals surface area contributed by atoms with Crippen LogP contribution in [0.1, 0.15) is 28.8 Å². The van der Waals surface area contributed by atoms with Crippen LogP contribution >= 0.6 is 0 Å². The normalized spacial score (nSPS) is 17.3. The largest absolute Gasteiger partial charge is 0.484 e. The fourth-order valence-corrected chi connectivity index (χ4v) is 3.73. The molecule has 0 radical (unpaired) electrons. The Morgan fingerprint density at radius 2 is 1.77 bits per heavy atom. The Balaban J connectivity index is 1.31. The van der Waals surface area contributed by atoms with Gasteiger partial charge in [-0.15, -0.1) is 0 Å². The fraction of sp³-hybridized carbons (Fsp3) is 0.565. The van der Waals surface area contributed by atoms with Crippen molar-refractivity contribution in [1.29, 1.82) is 0 Å². The van der Waals surface area contributed by atoms with Crippen LogP contribution in [0.15, 0.2) is 18.2 Å². The van der Waals surface area contributed by atoms with Gasteiger partial charge in [0.15, 0.2) is 6.61 Å². The number of benzene rings is 1. The van der Waals surface area contributed by atoms with E-state index in [-0.39, 0.29) is 37.3 Å². The standard InChI is InChI=1S/C23H32N4O8/c24-5-7-32-9-11-34-12-10-33-8-6-25-21(29)15-35-17-1-2-18-16(13-17)14-27(23(18)31)19-3-4-20(28)26-22(19)30/h1-2,13,19H,3-12,14-15,24H2,(H,25,29)(H,26,28,30). The number of hydrogen-bond donors (Lipinski definition) is 3. The van der Waals surface area contributed by atoms with Gasteiger partial charge in [0.05, 0.1) is 39.6 Å². The second-order valence-corrected chi connectivity index (χ2v) is 7.98. The third kappa shape index (κ3) is 7.99. The molecule has 1 fully saturated rings. The second kappa shape index (κ2) is 13.7. The SMILES string of the molecule is NCCOCCOCCOCCNC(=O)COc1ccc2c(c1)CN(C1CCC(=O)NC1=O)C2=O. The number of nitrogens with two attached hydrogens (primary N) is 1. The summed E-state index contributed by atoms with van der Waals surface area (Å²) in [5, 5.41) is 4.98. The molecule has 4 amide bonds. The minimum Gasteiger partial charge on any atom is -0.484 e. The molecule has 2 heterocycles. The number of nitrogens with one attached hydrogen (secondary N) is 2. The smallest absolute Gasteiger partial charge is 0.258 e. The van der Waals surface area contributed by atoms with Crippen LogP contribution < -0.4 is 21.1 Å². The molecule has 0 spiro atoms. The molecule has 1 aromatic carbocycles. The fourth-order valence-electron chi connectivity index (χ4n) is 3.73. The van der Waals surface area contributed by atoms with Crippen molar-refractivity contribution in [3.63, 3.8) is 0 Å². The molecule has 0 saturated carbocycles. The van der Waals surface area contributed by atoms with Crippen LogP contribution in [0.2, 0.25) is 0 Å². The summed E-state index contributed by atoms with van der Waals surface area (Å²) in [7, 11) is 0. The Hall–Kier alpha value is -3.06. The van der Waals surface area contributed by atoms with Crippen LogP contribution in [0.3, 0.4) is 0 Å². The molecule has 12 heteroatoms. The highest BCUT2D eigenvalue weighted by Gasteiger charge is 2.39. The Morgan fingerprint density at radius 3 is 2.49 bits per heavy atom. The number of hydrogen-bond acceptors (Lipinski definition) is 9. The van der Waals surface area contributed by atoms with Crippen LogP contribution in [0.5, 0.6) is 5.75 Å². The van der Waals surface area contributed by atoms with Crippen molar-refractivity contribution in [3.05, 3.63) is 29.3 Å². The number of rotatable bonds is 15. The van der Waals surface area contributed by atoms with E-state index in [4.69, 9.17) is 24.7 Å². The Kier molecular flexibility index (Phi) is 10.4. The molecular formula is C23H32N4O8. The lowest BCUT2D eigenvalue weighted by Gasteiger charge is -2.29. The van der Waals surface area contributed by atoms with Crippen molar-refractivity contribution in [2.45, 2.75) is 25.4 Å². The lowest BCUT2D eigenvalue weighted by Crippen LogP contribution is -2.52. The molecule has 4 N–H and O–H groups in total. The van der Waals surface area contributed by atoms with E-state index in [0.29, 0.717) is 76.0 Å². The summed E-state index contributed by atoms with van der Waals surface area (Å²) < 4.78 is 21.4. The van der Waals surface area contributed by atoms with Gasteiger partial charge in [-0.1, -0.05) is 0 Å². The average molecular weight is 493 g/mol. The van der Waals surface area contributed by atoms with Crippen LogP contribution in [0.25, 0.3) is 0 Å². The van der Waals surface area contributed by atoms with Gasteiger partial charge < -0.3 is 34.9 Å². The Morgan fingerprint density at radius 1 is 1.06 bits per heavy atom. The molecule has 3 rings (SSSR count). The van der Waals surface area contributed by atoms with Gasteiger partial charge in [0.25, 0.3) is 11.8 Å². The molecule has 1 aromatic rings. The van der Waals surface area contributed by atoms with Gasteiger partial charge in [0.1, 0.15) is 11.8 Å². The molecule has 1 atom stereocenters. The third-order valence-corrected chi connectivity index (χ3v) is 5.44. The number of nitrogens with zero attached hydrogens (tertiary/aromatic N) is 1. The zero-order chi connectivity index (χ0) is 25.0. The van der Waals surface area contributed by atoms with Crippen molar-refractivity contribution in [2.24, 2.45) is 5.73 Å². The van der Waals surface area contributed by atoms with E-state index in [9.17, 15) is 19.2 Å². The van der Waals surface area contributed by atoms with Gasteiger partial charge in [0.2, 0.25) is 11.8 Å².